The van der Waals surface area contributed by atoms with Crippen LogP contribution in [0.25, 0.3) is 22.4 Å². The van der Waals surface area contributed by atoms with Gasteiger partial charge in [-0.3, -0.25) is 9.59 Å². The van der Waals surface area contributed by atoms with E-state index in [4.69, 9.17) is 4.42 Å². The molecule has 1 saturated heterocycles. The number of anilines is 2. The smallest absolute Gasteiger partial charge is 0.292 e. The first kappa shape index (κ1) is 28.3. The van der Waals surface area contributed by atoms with Crippen molar-refractivity contribution in [1.29, 1.82) is 5.26 Å². The van der Waals surface area contributed by atoms with Crippen LogP contribution in [-0.2, 0) is 4.79 Å². The van der Waals surface area contributed by atoms with Gasteiger partial charge in [-0.05, 0) is 54.4 Å². The van der Waals surface area contributed by atoms with Gasteiger partial charge in [0.25, 0.3) is 5.91 Å². The number of nitrogens with one attached hydrogen (secondary N) is 3. The number of rotatable bonds is 6. The molecule has 4 aromatic rings. The highest BCUT2D eigenvalue weighted by molar-refractivity contribution is 6.03. The number of aromatic nitrogens is 1. The van der Waals surface area contributed by atoms with Crippen LogP contribution in [0.15, 0.2) is 71.3 Å². The molecule has 0 aliphatic carbocycles. The lowest BCUT2D eigenvalue weighted by Gasteiger charge is -2.15. The molecule has 0 spiro atoms. The predicted molar refractivity (Wildman–Crippen MR) is 146 cm³/mol. The topological polar surface area (TPSA) is 161 Å². The van der Waals surface area contributed by atoms with E-state index in [9.17, 15) is 29.5 Å². The molecule has 1 fully saturated rings. The molecule has 2 atom stereocenters. The van der Waals surface area contributed by atoms with Crippen molar-refractivity contribution in [1.82, 2.24) is 10.3 Å². The van der Waals surface area contributed by atoms with Crippen molar-refractivity contribution in [3.63, 3.8) is 0 Å². The van der Waals surface area contributed by atoms with E-state index in [0.29, 0.717) is 23.4 Å². The molecule has 1 aliphatic rings. The number of halogens is 2. The first-order valence-corrected chi connectivity index (χ1v) is 11.9. The van der Waals surface area contributed by atoms with Gasteiger partial charge in [-0.2, -0.15) is 5.26 Å². The number of benzene rings is 2. The van der Waals surface area contributed by atoms with Crippen LogP contribution < -0.4 is 16.0 Å². The van der Waals surface area contributed by atoms with Crippen molar-refractivity contribution >= 4 is 35.7 Å². The number of phenolic OH excluding ortho intramolecular Hbond substituents is 1. The molecule has 0 bridgehead atoms. The third-order valence-electron chi connectivity index (χ3n) is 6.21. The van der Waals surface area contributed by atoms with Crippen LogP contribution in [-0.4, -0.2) is 45.7 Å². The molecule has 0 saturated carbocycles. The molecule has 2 aromatic carbocycles. The summed E-state index contributed by atoms with van der Waals surface area (Å²) in [4.78, 5) is 29.8. The summed E-state index contributed by atoms with van der Waals surface area (Å²) < 4.78 is 18.8. The fourth-order valence-electron chi connectivity index (χ4n) is 4.32. The molecule has 40 heavy (non-hydrogen) atoms. The summed E-state index contributed by atoms with van der Waals surface area (Å²) in [5, 5.41) is 38.5. The highest BCUT2D eigenvalue weighted by Crippen LogP contribution is 2.36. The van der Waals surface area contributed by atoms with Gasteiger partial charge in [0, 0.05) is 29.4 Å². The monoisotopic (exact) mass is 563 g/mol. The number of amides is 2. The average Bonchev–Trinajstić information content (AvgIpc) is 3.61. The van der Waals surface area contributed by atoms with Gasteiger partial charge < -0.3 is 30.6 Å². The van der Waals surface area contributed by atoms with E-state index < -0.39 is 23.9 Å². The number of carbonyl (C=O) groups is 2. The van der Waals surface area contributed by atoms with Gasteiger partial charge in [-0.25, -0.2) is 9.37 Å². The number of pyridine rings is 1. The number of β-amino-alcohol motifs (C(OH)–C–C–N with tert-alkyl or cyclic N) is 1. The van der Waals surface area contributed by atoms with Crippen molar-refractivity contribution < 1.29 is 28.6 Å². The quantitative estimate of drug-likeness (QED) is 0.235. The normalized spacial score (nSPS) is 16.0. The van der Waals surface area contributed by atoms with Gasteiger partial charge >= 0.3 is 0 Å². The van der Waals surface area contributed by atoms with E-state index in [-0.39, 0.29) is 58.9 Å². The third kappa shape index (κ3) is 5.94. The lowest BCUT2D eigenvalue weighted by Crippen LogP contribution is -2.35. The van der Waals surface area contributed by atoms with Crippen LogP contribution in [0, 0.1) is 17.1 Å². The third-order valence-corrected chi connectivity index (χ3v) is 6.21. The zero-order valence-corrected chi connectivity index (χ0v) is 21.5. The highest BCUT2D eigenvalue weighted by Gasteiger charge is 2.28. The predicted octanol–water partition coefficient (Wildman–Crippen LogP) is 4.06. The first-order chi connectivity index (χ1) is 18.8. The zero-order chi connectivity index (χ0) is 27.5. The Balaban J connectivity index is 0.00000370. The van der Waals surface area contributed by atoms with Gasteiger partial charge in [0.2, 0.25) is 5.91 Å². The number of aromatic hydroxyl groups is 1. The summed E-state index contributed by atoms with van der Waals surface area (Å²) in [6.07, 6.45) is 1.02. The maximum Gasteiger partial charge on any atom is 0.292 e. The van der Waals surface area contributed by atoms with E-state index in [1.165, 1.54) is 30.5 Å². The number of hydrogen-bond donors (Lipinski definition) is 5. The van der Waals surface area contributed by atoms with Crippen LogP contribution in [0.2, 0.25) is 0 Å². The van der Waals surface area contributed by atoms with Gasteiger partial charge in [0.15, 0.2) is 11.6 Å². The van der Waals surface area contributed by atoms with E-state index in [1.54, 1.807) is 24.3 Å². The highest BCUT2D eigenvalue weighted by atomic mass is 35.5. The van der Waals surface area contributed by atoms with E-state index in [2.05, 4.69) is 27.0 Å². The SMILES string of the molecule is Cl.N#Cc1c(-c2cccc(NC(=O)[C@@H]3C[C@@H](O)CN3)c2)cc(-c2ccc(F)cc2O)nc1NC(=O)c1ccco1. The lowest BCUT2D eigenvalue weighted by molar-refractivity contribution is -0.117. The molecule has 10 nitrogen and oxygen atoms in total. The molecule has 204 valence electrons. The second-order valence-electron chi connectivity index (χ2n) is 8.90. The number of furan rings is 1. The number of aliphatic hydroxyl groups excluding tert-OH is 1. The second kappa shape index (κ2) is 12.0. The van der Waals surface area contributed by atoms with Gasteiger partial charge in [0.1, 0.15) is 23.2 Å². The minimum absolute atomic E-state index is 0. The Labute approximate surface area is 233 Å². The summed E-state index contributed by atoms with van der Waals surface area (Å²) in [5.74, 6) is -2.11. The van der Waals surface area contributed by atoms with E-state index in [1.807, 2.05) is 0 Å². The summed E-state index contributed by atoms with van der Waals surface area (Å²) >= 11 is 0. The second-order valence-corrected chi connectivity index (χ2v) is 8.90. The van der Waals surface area contributed by atoms with E-state index in [0.717, 1.165) is 12.1 Å². The number of hydrogen-bond acceptors (Lipinski definition) is 8. The molecule has 3 heterocycles. The van der Waals surface area contributed by atoms with Crippen LogP contribution in [0.5, 0.6) is 5.75 Å². The molecule has 1 aliphatic heterocycles. The van der Waals surface area contributed by atoms with Crippen molar-refractivity contribution in [2.75, 3.05) is 17.2 Å². The Morgan fingerprint density at radius 2 is 1.93 bits per heavy atom. The number of aliphatic hydroxyl groups is 1. The zero-order valence-electron chi connectivity index (χ0n) is 20.7. The Bertz CT molecular complexity index is 1610. The Hall–Kier alpha value is -4.76. The lowest BCUT2D eigenvalue weighted by atomic mass is 9.97. The summed E-state index contributed by atoms with van der Waals surface area (Å²) in [5.41, 5.74) is 1.63. The molecule has 0 unspecified atom stereocenters. The molecular weight excluding hydrogens is 541 g/mol. The number of phenols is 1. The summed E-state index contributed by atoms with van der Waals surface area (Å²) in [6, 6.07) is 16.2. The van der Waals surface area contributed by atoms with Crippen molar-refractivity contribution in [2.45, 2.75) is 18.6 Å². The van der Waals surface area contributed by atoms with Gasteiger partial charge in [-0.1, -0.05) is 12.1 Å². The van der Waals surface area contributed by atoms with Crippen LogP contribution in [0.3, 0.4) is 0 Å². The van der Waals surface area contributed by atoms with Gasteiger partial charge in [-0.15, -0.1) is 12.4 Å². The molecule has 5 rings (SSSR count). The van der Waals surface area contributed by atoms with Crippen LogP contribution in [0.4, 0.5) is 15.9 Å². The maximum atomic E-state index is 13.7. The maximum absolute atomic E-state index is 13.7. The Morgan fingerprint density at radius 1 is 1.10 bits per heavy atom. The molecule has 2 aromatic heterocycles. The number of nitrogens with zero attached hydrogens (tertiary/aromatic N) is 2. The van der Waals surface area contributed by atoms with E-state index >= 15 is 0 Å². The number of carbonyl (C=O) groups excluding carboxylic acids is 2. The van der Waals surface area contributed by atoms with Crippen molar-refractivity contribution in [3.05, 3.63) is 84.1 Å². The molecular formula is C28H23ClFN5O5. The van der Waals surface area contributed by atoms with Crippen LogP contribution in [0.1, 0.15) is 22.5 Å². The Morgan fingerprint density at radius 3 is 2.60 bits per heavy atom. The molecule has 0 radical (unpaired) electrons. The fourth-order valence-corrected chi connectivity index (χ4v) is 4.32. The van der Waals surface area contributed by atoms with Crippen molar-refractivity contribution in [2.24, 2.45) is 0 Å². The van der Waals surface area contributed by atoms with Gasteiger partial charge in [0.05, 0.1) is 24.1 Å². The average molecular weight is 564 g/mol. The van der Waals surface area contributed by atoms with Crippen molar-refractivity contribution in [3.8, 4) is 34.2 Å². The molecule has 2 amide bonds. The minimum atomic E-state index is -0.650. The largest absolute Gasteiger partial charge is 0.507 e. The standard InChI is InChI=1S/C28H22FN5O5.ClH/c29-16-6-7-19(24(36)10-16)22-12-20(21(13-30)26(33-22)34-28(38)25-5-2-8-39-25)15-3-1-4-17(9-15)32-27(37)23-11-18(35)14-31-23;/h1-10,12,18,23,31,35-36H,11,14H2,(H,32,37)(H,33,34,38);1H/t18-,23+;/m1./s1. The Kier molecular flexibility index (Phi) is 8.45. The summed E-state index contributed by atoms with van der Waals surface area (Å²) in [6.45, 7) is 0.326. The van der Waals surface area contributed by atoms with Crippen LogP contribution >= 0.6 is 12.4 Å². The molecule has 5 N–H and O–H groups in total. The summed E-state index contributed by atoms with van der Waals surface area (Å²) in [7, 11) is 0. The first-order valence-electron chi connectivity index (χ1n) is 11.9. The minimum Gasteiger partial charge on any atom is -0.507 e. The molecule has 12 heteroatoms. The number of nitriles is 1. The fraction of sp³-hybridized carbons (Fsp3) is 0.143.